The van der Waals surface area contributed by atoms with Crippen molar-refractivity contribution in [2.24, 2.45) is 0 Å². The Bertz CT molecular complexity index is 884. The fraction of sp³-hybridized carbons (Fsp3) is 0.250. The highest BCUT2D eigenvalue weighted by molar-refractivity contribution is 5.59. The summed E-state index contributed by atoms with van der Waals surface area (Å²) in [6.07, 6.45) is 1.58. The highest BCUT2D eigenvalue weighted by Gasteiger charge is 2.04. The van der Waals surface area contributed by atoms with Crippen LogP contribution in [0.1, 0.15) is 11.1 Å². The van der Waals surface area contributed by atoms with Gasteiger partial charge >= 0.3 is 0 Å². The van der Waals surface area contributed by atoms with Crippen LogP contribution < -0.4 is 20.1 Å². The number of nitrogens with zero attached hydrogens (tertiary/aromatic N) is 3. The molecule has 27 heavy (non-hydrogen) atoms. The summed E-state index contributed by atoms with van der Waals surface area (Å²) in [6.45, 7) is 5.19. The van der Waals surface area contributed by atoms with E-state index in [1.165, 1.54) is 5.56 Å². The van der Waals surface area contributed by atoms with Gasteiger partial charge < -0.3 is 20.1 Å². The molecule has 3 aromatic rings. The molecule has 7 heteroatoms. The van der Waals surface area contributed by atoms with Crippen LogP contribution in [0.25, 0.3) is 0 Å². The second-order valence-corrected chi connectivity index (χ2v) is 6.06. The zero-order valence-corrected chi connectivity index (χ0v) is 15.7. The maximum atomic E-state index is 5.68. The third-order valence-corrected chi connectivity index (χ3v) is 3.92. The summed E-state index contributed by atoms with van der Waals surface area (Å²) in [6, 6.07) is 13.6. The molecule has 0 amide bonds. The lowest BCUT2D eigenvalue weighted by molar-refractivity contribution is 0.331. The molecule has 0 spiro atoms. The van der Waals surface area contributed by atoms with Crippen LogP contribution in [0.4, 0.5) is 17.5 Å². The summed E-state index contributed by atoms with van der Waals surface area (Å²) >= 11 is 0. The molecule has 0 bridgehead atoms. The lowest BCUT2D eigenvalue weighted by atomic mass is 10.1. The topological polar surface area (TPSA) is 81.2 Å². The Hall–Kier alpha value is -3.35. The number of rotatable bonds is 8. The van der Waals surface area contributed by atoms with Gasteiger partial charge in [0.25, 0.3) is 0 Å². The Morgan fingerprint density at radius 2 is 1.78 bits per heavy atom. The van der Waals surface area contributed by atoms with Crippen LogP contribution >= 0.6 is 0 Å². The Morgan fingerprint density at radius 1 is 1.00 bits per heavy atom. The molecule has 140 valence electrons. The molecule has 0 aliphatic heterocycles. The van der Waals surface area contributed by atoms with E-state index in [1.807, 2.05) is 43.3 Å². The van der Waals surface area contributed by atoms with Gasteiger partial charge in [-0.05, 0) is 49.7 Å². The average Bonchev–Trinajstić information content (AvgIpc) is 2.68. The lowest BCUT2D eigenvalue weighted by Crippen LogP contribution is -2.13. The summed E-state index contributed by atoms with van der Waals surface area (Å²) in [4.78, 5) is 4.43. The molecule has 2 aromatic carbocycles. The van der Waals surface area contributed by atoms with Crippen molar-refractivity contribution in [3.8, 4) is 11.5 Å². The largest absolute Gasteiger partial charge is 0.497 e. The minimum Gasteiger partial charge on any atom is -0.497 e. The van der Waals surface area contributed by atoms with Crippen LogP contribution in [-0.4, -0.2) is 35.4 Å². The molecule has 3 rings (SSSR count). The van der Waals surface area contributed by atoms with E-state index in [0.29, 0.717) is 24.9 Å². The van der Waals surface area contributed by atoms with Crippen LogP contribution in [0.15, 0.2) is 48.7 Å². The van der Waals surface area contributed by atoms with E-state index in [1.54, 1.807) is 13.3 Å². The van der Waals surface area contributed by atoms with E-state index in [9.17, 15) is 0 Å². The van der Waals surface area contributed by atoms with Gasteiger partial charge in [-0.25, -0.2) is 0 Å². The Kier molecular flexibility index (Phi) is 6.04. The minimum absolute atomic E-state index is 0.447. The number of methoxy groups -OCH3 is 1. The van der Waals surface area contributed by atoms with E-state index in [0.717, 1.165) is 22.7 Å². The molecule has 0 saturated heterocycles. The summed E-state index contributed by atoms with van der Waals surface area (Å²) in [5.41, 5.74) is 3.30. The van der Waals surface area contributed by atoms with Crippen molar-refractivity contribution < 1.29 is 9.47 Å². The third-order valence-electron chi connectivity index (χ3n) is 3.92. The number of hydrogen-bond donors (Lipinski definition) is 2. The number of benzene rings is 2. The molecular weight excluding hydrogens is 342 g/mol. The number of ether oxygens (including phenoxy) is 2. The molecule has 0 aliphatic carbocycles. The standard InChI is InChI=1S/C20H23N5O2/c1-14-4-9-18(15(2)12-14)23-20-24-19(13-22-25-20)21-10-11-27-17-7-5-16(26-3)6-8-17/h4-9,12-13H,10-11H2,1-3H3,(H2,21,23,24,25). The van der Waals surface area contributed by atoms with E-state index >= 15 is 0 Å². The van der Waals surface area contributed by atoms with E-state index in [4.69, 9.17) is 9.47 Å². The predicted octanol–water partition coefficient (Wildman–Crippen LogP) is 3.73. The van der Waals surface area contributed by atoms with Gasteiger partial charge in [-0.3, -0.25) is 0 Å². The second kappa shape index (κ2) is 8.84. The molecule has 0 atom stereocenters. The summed E-state index contributed by atoms with van der Waals surface area (Å²) < 4.78 is 10.8. The van der Waals surface area contributed by atoms with E-state index < -0.39 is 0 Å². The molecule has 0 fully saturated rings. The highest BCUT2D eigenvalue weighted by atomic mass is 16.5. The zero-order chi connectivity index (χ0) is 19.1. The zero-order valence-electron chi connectivity index (χ0n) is 15.7. The van der Waals surface area contributed by atoms with Gasteiger partial charge in [-0.2, -0.15) is 10.1 Å². The number of anilines is 3. The third kappa shape index (κ3) is 5.31. The molecule has 0 saturated carbocycles. The molecule has 1 heterocycles. The fourth-order valence-electron chi connectivity index (χ4n) is 2.54. The number of nitrogens with one attached hydrogen (secondary N) is 2. The molecule has 0 unspecified atom stereocenters. The van der Waals surface area contributed by atoms with Gasteiger partial charge in [0, 0.05) is 5.69 Å². The molecule has 0 radical (unpaired) electrons. The van der Waals surface area contributed by atoms with Crippen molar-refractivity contribution in [2.45, 2.75) is 13.8 Å². The second-order valence-electron chi connectivity index (χ2n) is 6.06. The predicted molar refractivity (Wildman–Crippen MR) is 106 cm³/mol. The van der Waals surface area contributed by atoms with E-state index in [-0.39, 0.29) is 0 Å². The number of hydrogen-bond acceptors (Lipinski definition) is 7. The average molecular weight is 365 g/mol. The van der Waals surface area contributed by atoms with Crippen LogP contribution in [-0.2, 0) is 0 Å². The maximum absolute atomic E-state index is 5.68. The number of aromatic nitrogens is 3. The summed E-state index contributed by atoms with van der Waals surface area (Å²) in [5.74, 6) is 2.67. The van der Waals surface area contributed by atoms with Crippen LogP contribution in [0, 0.1) is 13.8 Å². The van der Waals surface area contributed by atoms with Crippen LogP contribution in [0.2, 0.25) is 0 Å². The smallest absolute Gasteiger partial charge is 0.249 e. The lowest BCUT2D eigenvalue weighted by Gasteiger charge is -2.10. The molecule has 7 nitrogen and oxygen atoms in total. The van der Waals surface area contributed by atoms with Gasteiger partial charge in [-0.1, -0.05) is 17.7 Å². The SMILES string of the molecule is COc1ccc(OCCNc2cnnc(Nc3ccc(C)cc3C)n2)cc1. The minimum atomic E-state index is 0.447. The van der Waals surface area contributed by atoms with Crippen molar-refractivity contribution in [3.05, 3.63) is 59.8 Å². The Morgan fingerprint density at radius 3 is 2.52 bits per heavy atom. The fourth-order valence-corrected chi connectivity index (χ4v) is 2.54. The first-order chi connectivity index (χ1) is 13.1. The van der Waals surface area contributed by atoms with Gasteiger partial charge in [0.05, 0.1) is 19.9 Å². The monoisotopic (exact) mass is 365 g/mol. The normalized spacial score (nSPS) is 10.3. The van der Waals surface area contributed by atoms with Crippen molar-refractivity contribution in [2.75, 3.05) is 30.9 Å². The first-order valence-corrected chi connectivity index (χ1v) is 8.69. The van der Waals surface area contributed by atoms with E-state index in [2.05, 4.69) is 38.8 Å². The maximum Gasteiger partial charge on any atom is 0.249 e. The highest BCUT2D eigenvalue weighted by Crippen LogP contribution is 2.19. The van der Waals surface area contributed by atoms with Gasteiger partial charge in [0.2, 0.25) is 5.95 Å². The van der Waals surface area contributed by atoms with Crippen molar-refractivity contribution in [1.29, 1.82) is 0 Å². The molecular formula is C20H23N5O2. The Labute approximate surface area is 158 Å². The van der Waals surface area contributed by atoms with Gasteiger partial charge in [0.15, 0.2) is 5.82 Å². The summed E-state index contributed by atoms with van der Waals surface area (Å²) in [7, 11) is 1.64. The van der Waals surface area contributed by atoms with Crippen molar-refractivity contribution >= 4 is 17.5 Å². The Balaban J connectivity index is 1.51. The number of aryl methyl sites for hydroxylation is 2. The van der Waals surface area contributed by atoms with Crippen molar-refractivity contribution in [1.82, 2.24) is 15.2 Å². The summed E-state index contributed by atoms with van der Waals surface area (Å²) in [5, 5.41) is 14.4. The van der Waals surface area contributed by atoms with Gasteiger partial charge in [0.1, 0.15) is 18.1 Å². The molecule has 1 aromatic heterocycles. The molecule has 2 N–H and O–H groups in total. The first-order valence-electron chi connectivity index (χ1n) is 8.69. The quantitative estimate of drug-likeness (QED) is 0.589. The van der Waals surface area contributed by atoms with Crippen LogP contribution in [0.3, 0.4) is 0 Å². The van der Waals surface area contributed by atoms with Crippen LogP contribution in [0.5, 0.6) is 11.5 Å². The first kappa shape index (κ1) is 18.4. The van der Waals surface area contributed by atoms with Gasteiger partial charge in [-0.15, -0.1) is 5.10 Å². The molecule has 0 aliphatic rings. The van der Waals surface area contributed by atoms with Crippen molar-refractivity contribution in [3.63, 3.8) is 0 Å².